The van der Waals surface area contributed by atoms with Gasteiger partial charge < -0.3 is 10.2 Å². The molecule has 0 radical (unpaired) electrons. The molecule has 1 aromatic rings. The first-order chi connectivity index (χ1) is 9.58. The van der Waals surface area contributed by atoms with Gasteiger partial charge in [0.1, 0.15) is 0 Å². The minimum atomic E-state index is -0.443. The Morgan fingerprint density at radius 1 is 1.20 bits per heavy atom. The Kier molecular flexibility index (Phi) is 7.15. The summed E-state index contributed by atoms with van der Waals surface area (Å²) in [6.45, 7) is 5.17. The highest BCUT2D eigenvalue weighted by molar-refractivity contribution is 7.81. The van der Waals surface area contributed by atoms with Crippen LogP contribution in [0.3, 0.4) is 0 Å². The van der Waals surface area contributed by atoms with Gasteiger partial charge in [-0.1, -0.05) is 30.3 Å². The van der Waals surface area contributed by atoms with Crippen molar-refractivity contribution in [1.29, 1.82) is 0 Å². The molecule has 0 heterocycles. The van der Waals surface area contributed by atoms with E-state index in [1.807, 2.05) is 44.2 Å². The summed E-state index contributed by atoms with van der Waals surface area (Å²) in [4.78, 5) is 25.4. The van der Waals surface area contributed by atoms with Crippen LogP contribution in [-0.4, -0.2) is 41.6 Å². The maximum absolute atomic E-state index is 11.9. The molecule has 2 amide bonds. The summed E-state index contributed by atoms with van der Waals surface area (Å²) in [6, 6.07) is 9.70. The lowest BCUT2D eigenvalue weighted by molar-refractivity contribution is -0.132. The molecule has 110 valence electrons. The smallest absolute Gasteiger partial charge is 0.241 e. The van der Waals surface area contributed by atoms with E-state index in [2.05, 4.69) is 17.9 Å². The maximum atomic E-state index is 11.9. The zero-order valence-electron chi connectivity index (χ0n) is 12.0. The van der Waals surface area contributed by atoms with Crippen molar-refractivity contribution in [2.45, 2.75) is 25.5 Å². The minimum absolute atomic E-state index is 0.0341. The molecule has 0 aromatic heterocycles. The Hall–Kier alpha value is -1.49. The third-order valence-electron chi connectivity index (χ3n) is 3.10. The first-order valence-electron chi connectivity index (χ1n) is 6.85. The van der Waals surface area contributed by atoms with Gasteiger partial charge in [-0.2, -0.15) is 12.6 Å². The van der Waals surface area contributed by atoms with Crippen LogP contribution < -0.4 is 5.32 Å². The number of benzene rings is 1. The number of hydrogen-bond acceptors (Lipinski definition) is 3. The van der Waals surface area contributed by atoms with Crippen LogP contribution in [0.4, 0.5) is 0 Å². The van der Waals surface area contributed by atoms with Crippen LogP contribution in [0.25, 0.3) is 0 Å². The Balaban J connectivity index is 2.41. The summed E-state index contributed by atoms with van der Waals surface area (Å²) in [5, 5.41) is 2.20. The average Bonchev–Trinajstić information content (AvgIpc) is 2.47. The molecular weight excluding hydrogens is 272 g/mol. The topological polar surface area (TPSA) is 49.4 Å². The number of nitrogens with zero attached hydrogens (tertiary/aromatic N) is 1. The number of carbonyl (C=O) groups is 2. The van der Waals surface area contributed by atoms with Crippen LogP contribution in [0, 0.1) is 0 Å². The largest absolute Gasteiger partial charge is 0.346 e. The molecule has 4 nitrogen and oxygen atoms in total. The molecule has 1 N–H and O–H groups in total. The summed E-state index contributed by atoms with van der Waals surface area (Å²) in [5.41, 5.74) is 1.05. The van der Waals surface area contributed by atoms with E-state index in [-0.39, 0.29) is 18.4 Å². The number of hydrogen-bond donors (Lipinski definition) is 2. The molecule has 0 saturated carbocycles. The van der Waals surface area contributed by atoms with Gasteiger partial charge in [0, 0.05) is 13.1 Å². The molecule has 0 saturated heterocycles. The number of amides is 2. The van der Waals surface area contributed by atoms with Gasteiger partial charge >= 0.3 is 0 Å². The monoisotopic (exact) mass is 294 g/mol. The van der Waals surface area contributed by atoms with E-state index >= 15 is 0 Å². The second-order valence-electron chi connectivity index (χ2n) is 4.49. The number of nitrogens with one attached hydrogen (secondary N) is 1. The van der Waals surface area contributed by atoms with Crippen molar-refractivity contribution in [1.82, 2.24) is 10.2 Å². The van der Waals surface area contributed by atoms with Crippen molar-refractivity contribution in [3.05, 3.63) is 35.9 Å². The molecule has 1 rings (SSSR count). The van der Waals surface area contributed by atoms with Gasteiger partial charge in [0.25, 0.3) is 0 Å². The third-order valence-corrected chi connectivity index (χ3v) is 3.52. The fourth-order valence-corrected chi connectivity index (χ4v) is 2.20. The quantitative estimate of drug-likeness (QED) is 0.749. The number of carbonyl (C=O) groups excluding carboxylic acids is 2. The zero-order chi connectivity index (χ0) is 15.0. The molecule has 0 bridgehead atoms. The van der Waals surface area contributed by atoms with Gasteiger partial charge in [0.05, 0.1) is 11.8 Å². The van der Waals surface area contributed by atoms with Crippen LogP contribution in [0.15, 0.2) is 30.3 Å². The predicted molar refractivity (Wildman–Crippen MR) is 83.9 cm³/mol. The summed E-state index contributed by atoms with van der Waals surface area (Å²) in [5.74, 6) is -0.277. The van der Waals surface area contributed by atoms with Gasteiger partial charge in [0.2, 0.25) is 11.8 Å². The molecule has 0 aliphatic rings. The Morgan fingerprint density at radius 3 is 2.35 bits per heavy atom. The van der Waals surface area contributed by atoms with E-state index in [9.17, 15) is 9.59 Å². The minimum Gasteiger partial charge on any atom is -0.346 e. The van der Waals surface area contributed by atoms with Crippen molar-refractivity contribution in [3.8, 4) is 0 Å². The van der Waals surface area contributed by atoms with Gasteiger partial charge in [0.15, 0.2) is 0 Å². The van der Waals surface area contributed by atoms with Crippen molar-refractivity contribution in [2.24, 2.45) is 0 Å². The fourth-order valence-electron chi connectivity index (χ4n) is 1.90. The summed E-state index contributed by atoms with van der Waals surface area (Å²) < 4.78 is 0. The number of thiol groups is 1. The van der Waals surface area contributed by atoms with Gasteiger partial charge in [-0.05, 0) is 25.8 Å². The van der Waals surface area contributed by atoms with E-state index in [0.717, 1.165) is 5.56 Å². The summed E-state index contributed by atoms with van der Waals surface area (Å²) in [7, 11) is 0. The summed E-state index contributed by atoms with van der Waals surface area (Å²) >= 11 is 4.30. The first-order valence-corrected chi connectivity index (χ1v) is 7.37. The van der Waals surface area contributed by atoms with Gasteiger partial charge in [-0.15, -0.1) is 0 Å². The number of likely N-dealkylation sites (N-methyl/N-ethyl adjacent to an activating group) is 1. The van der Waals surface area contributed by atoms with E-state index < -0.39 is 5.25 Å². The highest BCUT2D eigenvalue weighted by atomic mass is 32.1. The van der Waals surface area contributed by atoms with Gasteiger partial charge in [-0.25, -0.2) is 0 Å². The standard InChI is InChI=1S/C15H22N2O2S/c1-3-17(4-2)14(18)11-16-15(19)13(20)10-12-8-6-5-7-9-12/h5-9,13,20H,3-4,10-11H2,1-2H3,(H,16,19). The molecule has 0 spiro atoms. The zero-order valence-corrected chi connectivity index (χ0v) is 12.9. The fraction of sp³-hybridized carbons (Fsp3) is 0.467. The van der Waals surface area contributed by atoms with E-state index in [1.54, 1.807) is 4.90 Å². The summed E-state index contributed by atoms with van der Waals surface area (Å²) in [6.07, 6.45) is 0.551. The molecule has 20 heavy (non-hydrogen) atoms. The second-order valence-corrected chi connectivity index (χ2v) is 5.11. The predicted octanol–water partition coefficient (Wildman–Crippen LogP) is 1.51. The first kappa shape index (κ1) is 16.6. The van der Waals surface area contributed by atoms with Crippen LogP contribution >= 0.6 is 12.6 Å². The highest BCUT2D eigenvalue weighted by Gasteiger charge is 2.16. The van der Waals surface area contributed by atoms with Crippen molar-refractivity contribution in [3.63, 3.8) is 0 Å². The molecule has 1 atom stereocenters. The van der Waals surface area contributed by atoms with E-state index in [4.69, 9.17) is 0 Å². The average molecular weight is 294 g/mol. The van der Waals surface area contributed by atoms with Crippen LogP contribution in [-0.2, 0) is 16.0 Å². The lowest BCUT2D eigenvalue weighted by Gasteiger charge is -2.19. The molecule has 5 heteroatoms. The molecule has 1 aromatic carbocycles. The second kappa shape index (κ2) is 8.64. The van der Waals surface area contributed by atoms with Crippen molar-refractivity contribution < 1.29 is 9.59 Å². The van der Waals surface area contributed by atoms with Crippen LogP contribution in [0.5, 0.6) is 0 Å². The van der Waals surface area contributed by atoms with Crippen molar-refractivity contribution >= 4 is 24.4 Å². The van der Waals surface area contributed by atoms with Crippen molar-refractivity contribution in [2.75, 3.05) is 19.6 Å². The molecule has 0 aliphatic heterocycles. The van der Waals surface area contributed by atoms with Gasteiger partial charge in [-0.3, -0.25) is 9.59 Å². The van der Waals surface area contributed by atoms with Crippen LogP contribution in [0.1, 0.15) is 19.4 Å². The van der Waals surface area contributed by atoms with E-state index in [1.165, 1.54) is 0 Å². The lowest BCUT2D eigenvalue weighted by atomic mass is 10.1. The molecular formula is C15H22N2O2S. The maximum Gasteiger partial charge on any atom is 0.241 e. The lowest BCUT2D eigenvalue weighted by Crippen LogP contribution is -2.42. The molecule has 0 aliphatic carbocycles. The Labute approximate surface area is 126 Å². The normalized spacial score (nSPS) is 11.8. The Morgan fingerprint density at radius 2 is 1.80 bits per heavy atom. The van der Waals surface area contributed by atoms with Crippen LogP contribution in [0.2, 0.25) is 0 Å². The third kappa shape index (κ3) is 5.25. The molecule has 1 unspecified atom stereocenters. The SMILES string of the molecule is CCN(CC)C(=O)CNC(=O)C(S)Cc1ccccc1. The highest BCUT2D eigenvalue weighted by Crippen LogP contribution is 2.07. The number of rotatable bonds is 7. The van der Waals surface area contributed by atoms with E-state index in [0.29, 0.717) is 19.5 Å². The Bertz CT molecular complexity index is 433. The molecule has 0 fully saturated rings.